The molecule has 0 spiro atoms. The first-order valence-electron chi connectivity index (χ1n) is 16.9. The Balaban J connectivity index is 4.75. The van der Waals surface area contributed by atoms with Crippen molar-refractivity contribution in [2.24, 2.45) is 17.4 Å². The normalized spacial score (nSPS) is 13.6. The van der Waals surface area contributed by atoms with E-state index in [4.69, 9.17) is 16.2 Å². The third-order valence-electron chi connectivity index (χ3n) is 7.29. The number of ether oxygens (including phenoxy) is 1. The summed E-state index contributed by atoms with van der Waals surface area (Å²) in [5, 5.41) is 10.2. The van der Waals surface area contributed by atoms with E-state index in [1.54, 1.807) is 0 Å². The standard InChI is InChI=1S/C35H62N6O6S/c1-24(2)12-10-13-26(5)14-11-15-27(6)17-19-48-23-30(35(46)47-7)40-32(43)22-38-31(42)21-39-34(45)29(16-8-9-18-36)41-33(44)28(37)20-25(3)4/h12,14,17,25,28-30H,8-11,13,15-16,18-23,36-37H2,1-7H3,(H,38,42)(H,39,45)(H,40,43)(H,41,44)/b26-14+,27-17+/t28-,29-,30-/m0/s1. The first-order chi connectivity index (χ1) is 22.7. The number of carbonyl (C=O) groups excluding carboxylic acids is 5. The number of amides is 4. The quantitative estimate of drug-likeness (QED) is 0.0473. The van der Waals surface area contributed by atoms with Gasteiger partial charge in [-0.15, -0.1) is 0 Å². The van der Waals surface area contributed by atoms with Gasteiger partial charge in [-0.1, -0.05) is 48.8 Å². The maximum atomic E-state index is 12.8. The van der Waals surface area contributed by atoms with Crippen molar-refractivity contribution < 1.29 is 28.7 Å². The lowest BCUT2D eigenvalue weighted by Crippen LogP contribution is -2.53. The molecule has 0 aromatic carbocycles. The molecule has 274 valence electrons. The molecule has 0 heterocycles. The second-order valence-electron chi connectivity index (χ2n) is 12.7. The number of nitrogens with two attached hydrogens (primary N) is 2. The Morgan fingerprint density at radius 1 is 0.792 bits per heavy atom. The van der Waals surface area contributed by atoms with Gasteiger partial charge in [0.25, 0.3) is 0 Å². The summed E-state index contributed by atoms with van der Waals surface area (Å²) in [6, 6.07) is -2.52. The second kappa shape index (κ2) is 26.8. The molecule has 0 saturated carbocycles. The Labute approximate surface area is 292 Å². The summed E-state index contributed by atoms with van der Waals surface area (Å²) in [5.74, 6) is -1.56. The van der Waals surface area contributed by atoms with E-state index in [9.17, 15) is 24.0 Å². The maximum Gasteiger partial charge on any atom is 0.329 e. The molecule has 0 aromatic rings. The van der Waals surface area contributed by atoms with Crippen molar-refractivity contribution in [3.05, 3.63) is 34.9 Å². The van der Waals surface area contributed by atoms with E-state index in [0.717, 1.165) is 25.7 Å². The van der Waals surface area contributed by atoms with Crippen LogP contribution in [0.2, 0.25) is 0 Å². The first-order valence-corrected chi connectivity index (χ1v) is 18.0. The molecule has 8 N–H and O–H groups in total. The lowest BCUT2D eigenvalue weighted by molar-refractivity contribution is -0.144. The van der Waals surface area contributed by atoms with Gasteiger partial charge in [0.1, 0.15) is 12.1 Å². The molecule has 3 atom stereocenters. The molecule has 0 aliphatic heterocycles. The molecule has 0 rings (SSSR count). The minimum atomic E-state index is -0.885. The van der Waals surface area contributed by atoms with E-state index in [1.165, 1.54) is 35.6 Å². The first kappa shape index (κ1) is 44.8. The van der Waals surface area contributed by atoms with Crippen LogP contribution >= 0.6 is 11.8 Å². The number of thioether (sulfide) groups is 1. The Hall–Kier alpha value is -3.16. The SMILES string of the molecule is COC(=O)[C@H](CSC/C=C(\C)CC/C=C(\C)CCC=C(C)C)NC(=O)CNC(=O)CNC(=O)[C@H](CCCCN)NC(=O)[C@@H](N)CC(C)C. The zero-order chi connectivity index (χ0) is 36.5. The molecule has 48 heavy (non-hydrogen) atoms. The molecular weight excluding hydrogens is 632 g/mol. The second-order valence-corrected chi connectivity index (χ2v) is 13.8. The van der Waals surface area contributed by atoms with Gasteiger partial charge in [-0.3, -0.25) is 19.2 Å². The average Bonchev–Trinajstić information content (AvgIpc) is 3.02. The lowest BCUT2D eigenvalue weighted by Gasteiger charge is -2.21. The summed E-state index contributed by atoms with van der Waals surface area (Å²) < 4.78 is 4.84. The van der Waals surface area contributed by atoms with Gasteiger partial charge >= 0.3 is 5.97 Å². The van der Waals surface area contributed by atoms with Crippen molar-refractivity contribution in [2.75, 3.05) is 38.2 Å². The minimum Gasteiger partial charge on any atom is -0.467 e. The molecule has 0 fully saturated rings. The summed E-state index contributed by atoms with van der Waals surface area (Å²) >= 11 is 1.49. The van der Waals surface area contributed by atoms with Crippen molar-refractivity contribution in [1.82, 2.24) is 21.3 Å². The van der Waals surface area contributed by atoms with Crippen molar-refractivity contribution in [3.8, 4) is 0 Å². The monoisotopic (exact) mass is 694 g/mol. The number of nitrogens with one attached hydrogen (secondary N) is 4. The summed E-state index contributed by atoms with van der Waals surface area (Å²) in [5.41, 5.74) is 15.5. The number of esters is 1. The van der Waals surface area contributed by atoms with Crippen molar-refractivity contribution in [2.45, 2.75) is 111 Å². The fraction of sp³-hybridized carbons (Fsp3) is 0.686. The molecule has 12 nitrogen and oxygen atoms in total. The molecule has 13 heteroatoms. The average molecular weight is 695 g/mol. The van der Waals surface area contributed by atoms with E-state index in [2.05, 4.69) is 67.2 Å². The fourth-order valence-electron chi connectivity index (χ4n) is 4.47. The Kier molecular flexibility index (Phi) is 25.0. The number of hydrogen-bond acceptors (Lipinski definition) is 9. The van der Waals surface area contributed by atoms with E-state index < -0.39 is 60.8 Å². The van der Waals surface area contributed by atoms with Crippen LogP contribution < -0.4 is 32.7 Å². The van der Waals surface area contributed by atoms with Gasteiger partial charge in [-0.05, 0) is 91.5 Å². The summed E-state index contributed by atoms with van der Waals surface area (Å²) in [7, 11) is 1.25. The third-order valence-corrected chi connectivity index (χ3v) is 8.26. The highest BCUT2D eigenvalue weighted by Gasteiger charge is 2.25. The zero-order valence-corrected chi connectivity index (χ0v) is 31.1. The molecule has 0 unspecified atom stereocenters. The van der Waals surface area contributed by atoms with Gasteiger partial charge in [0.15, 0.2) is 0 Å². The van der Waals surface area contributed by atoms with Gasteiger partial charge in [0.05, 0.1) is 26.2 Å². The van der Waals surface area contributed by atoms with E-state index in [-0.39, 0.29) is 5.92 Å². The predicted molar refractivity (Wildman–Crippen MR) is 195 cm³/mol. The van der Waals surface area contributed by atoms with Crippen molar-refractivity contribution in [1.29, 1.82) is 0 Å². The van der Waals surface area contributed by atoms with Crippen LogP contribution in [0.25, 0.3) is 0 Å². The molecule has 0 radical (unpaired) electrons. The van der Waals surface area contributed by atoms with E-state index in [0.29, 0.717) is 43.7 Å². The summed E-state index contributed by atoms with van der Waals surface area (Å²) in [6.07, 6.45) is 12.8. The van der Waals surface area contributed by atoms with Crippen molar-refractivity contribution in [3.63, 3.8) is 0 Å². The molecule has 0 aliphatic carbocycles. The number of rotatable bonds is 25. The number of methoxy groups -OCH3 is 1. The highest BCUT2D eigenvalue weighted by molar-refractivity contribution is 7.99. The van der Waals surface area contributed by atoms with Gasteiger partial charge in [-0.25, -0.2) is 4.79 Å². The minimum absolute atomic E-state index is 0.208. The highest BCUT2D eigenvalue weighted by Crippen LogP contribution is 2.13. The number of hydrogen-bond donors (Lipinski definition) is 6. The predicted octanol–water partition coefficient (Wildman–Crippen LogP) is 3.02. The van der Waals surface area contributed by atoms with Gasteiger partial charge in [-0.2, -0.15) is 11.8 Å². The molecule has 0 aromatic heterocycles. The van der Waals surface area contributed by atoms with Crippen LogP contribution in [0, 0.1) is 5.92 Å². The number of unbranched alkanes of at least 4 members (excludes halogenated alkanes) is 1. The Morgan fingerprint density at radius 3 is 2.02 bits per heavy atom. The Bertz CT molecular complexity index is 1100. The van der Waals surface area contributed by atoms with Gasteiger partial charge < -0.3 is 37.5 Å². The smallest absolute Gasteiger partial charge is 0.329 e. The van der Waals surface area contributed by atoms with Crippen LogP contribution in [0.5, 0.6) is 0 Å². The van der Waals surface area contributed by atoms with Crippen LogP contribution in [-0.4, -0.2) is 86.0 Å². The van der Waals surface area contributed by atoms with Crippen LogP contribution in [0.3, 0.4) is 0 Å². The topological polar surface area (TPSA) is 195 Å². The zero-order valence-electron chi connectivity index (χ0n) is 30.2. The molecule has 0 aliphatic rings. The van der Waals surface area contributed by atoms with E-state index in [1.807, 2.05) is 13.8 Å². The van der Waals surface area contributed by atoms with Crippen LogP contribution in [0.15, 0.2) is 34.9 Å². The van der Waals surface area contributed by atoms with Gasteiger partial charge in [0.2, 0.25) is 23.6 Å². The fourth-order valence-corrected chi connectivity index (χ4v) is 5.46. The number of allylic oxidation sites excluding steroid dienone is 5. The summed E-state index contributed by atoms with van der Waals surface area (Å²) in [6.45, 7) is 12.0. The highest BCUT2D eigenvalue weighted by atomic mass is 32.2. The van der Waals surface area contributed by atoms with Gasteiger partial charge in [0, 0.05) is 11.5 Å². The van der Waals surface area contributed by atoms with Crippen LogP contribution in [0.1, 0.15) is 92.9 Å². The van der Waals surface area contributed by atoms with Crippen molar-refractivity contribution >= 4 is 41.4 Å². The summed E-state index contributed by atoms with van der Waals surface area (Å²) in [4.78, 5) is 62.5. The third kappa shape index (κ3) is 23.2. The molecule has 0 bridgehead atoms. The van der Waals surface area contributed by atoms with E-state index >= 15 is 0 Å². The van der Waals surface area contributed by atoms with Crippen LogP contribution in [-0.2, 0) is 28.7 Å². The largest absolute Gasteiger partial charge is 0.467 e. The number of carbonyl (C=O) groups is 5. The maximum absolute atomic E-state index is 12.8. The Morgan fingerprint density at radius 2 is 1.42 bits per heavy atom. The molecular formula is C35H62N6O6S. The lowest BCUT2D eigenvalue weighted by atomic mass is 10.0. The van der Waals surface area contributed by atoms with Crippen LogP contribution in [0.4, 0.5) is 0 Å². The molecule has 4 amide bonds. The molecule has 0 saturated heterocycles.